The molecule has 0 heterocycles. The first-order valence-corrected chi connectivity index (χ1v) is 5.21. The molecular formula is C8H12Cl2O4. The maximum atomic E-state index is 10.8. The Balaban J connectivity index is 4.00. The largest absolute Gasteiger partial charge is 0.424 e. The van der Waals surface area contributed by atoms with Gasteiger partial charge in [-0.25, -0.2) is 0 Å². The SMILES string of the molecule is CCCC(OC(=O)CCl)OC(=O)CCl. The molecule has 0 aromatic rings. The van der Waals surface area contributed by atoms with Gasteiger partial charge in [0.15, 0.2) is 0 Å². The third-order valence-electron chi connectivity index (χ3n) is 1.27. The first-order valence-electron chi connectivity index (χ1n) is 4.14. The van der Waals surface area contributed by atoms with Crippen molar-refractivity contribution >= 4 is 35.1 Å². The van der Waals surface area contributed by atoms with Crippen LogP contribution in [0.4, 0.5) is 0 Å². The smallest absolute Gasteiger partial charge is 0.323 e. The van der Waals surface area contributed by atoms with E-state index >= 15 is 0 Å². The van der Waals surface area contributed by atoms with Gasteiger partial charge in [0.2, 0.25) is 6.29 Å². The molecule has 0 fully saturated rings. The summed E-state index contributed by atoms with van der Waals surface area (Å²) in [4.78, 5) is 21.6. The Morgan fingerprint density at radius 2 is 1.57 bits per heavy atom. The third-order valence-corrected chi connectivity index (χ3v) is 1.70. The molecule has 0 unspecified atom stereocenters. The number of rotatable bonds is 6. The number of hydrogen-bond acceptors (Lipinski definition) is 4. The molecule has 14 heavy (non-hydrogen) atoms. The number of carbonyl (C=O) groups is 2. The molecule has 0 aromatic heterocycles. The minimum atomic E-state index is -0.877. The van der Waals surface area contributed by atoms with Gasteiger partial charge in [0.05, 0.1) is 0 Å². The van der Waals surface area contributed by atoms with Crippen molar-refractivity contribution in [1.29, 1.82) is 0 Å². The molecular weight excluding hydrogens is 231 g/mol. The predicted molar refractivity (Wildman–Crippen MR) is 52.3 cm³/mol. The number of alkyl halides is 2. The standard InChI is InChI=1S/C8H12Cl2O4/c1-2-3-8(13-6(11)4-9)14-7(12)5-10/h8H,2-5H2,1H3. The van der Waals surface area contributed by atoms with Gasteiger partial charge < -0.3 is 9.47 Å². The Labute approximate surface area is 92.5 Å². The normalized spacial score (nSPS) is 10.0. The minimum Gasteiger partial charge on any atom is -0.424 e. The molecule has 0 bridgehead atoms. The Morgan fingerprint density at radius 1 is 1.14 bits per heavy atom. The zero-order valence-electron chi connectivity index (χ0n) is 7.79. The zero-order valence-corrected chi connectivity index (χ0v) is 9.31. The Morgan fingerprint density at radius 3 is 1.86 bits per heavy atom. The fraction of sp³-hybridized carbons (Fsp3) is 0.750. The summed E-state index contributed by atoms with van der Waals surface area (Å²) < 4.78 is 9.48. The van der Waals surface area contributed by atoms with E-state index in [2.05, 4.69) is 0 Å². The van der Waals surface area contributed by atoms with Gasteiger partial charge in [-0.05, 0) is 6.42 Å². The van der Waals surface area contributed by atoms with Gasteiger partial charge in [-0.15, -0.1) is 23.2 Å². The van der Waals surface area contributed by atoms with Gasteiger partial charge in [-0.1, -0.05) is 6.92 Å². The average molecular weight is 243 g/mol. The van der Waals surface area contributed by atoms with Crippen LogP contribution in [0.2, 0.25) is 0 Å². The predicted octanol–water partition coefficient (Wildman–Crippen LogP) is 1.68. The summed E-state index contributed by atoms with van der Waals surface area (Å²) in [5.74, 6) is -1.77. The number of hydrogen-bond donors (Lipinski definition) is 0. The maximum absolute atomic E-state index is 10.8. The Bertz CT molecular complexity index is 178. The number of ether oxygens (including phenoxy) is 2. The second-order valence-electron chi connectivity index (χ2n) is 2.47. The number of carbonyl (C=O) groups excluding carboxylic acids is 2. The van der Waals surface area contributed by atoms with Crippen LogP contribution < -0.4 is 0 Å². The summed E-state index contributed by atoms with van der Waals surface area (Å²) >= 11 is 10.5. The lowest BCUT2D eigenvalue weighted by atomic mass is 10.3. The fourth-order valence-electron chi connectivity index (χ4n) is 0.734. The van der Waals surface area contributed by atoms with E-state index in [1.807, 2.05) is 6.92 Å². The summed E-state index contributed by atoms with van der Waals surface area (Å²) in [5, 5.41) is 0. The van der Waals surface area contributed by atoms with Crippen LogP contribution in [0.5, 0.6) is 0 Å². The molecule has 0 atom stereocenters. The number of esters is 2. The van der Waals surface area contributed by atoms with Crippen molar-refractivity contribution in [3.05, 3.63) is 0 Å². The molecule has 4 nitrogen and oxygen atoms in total. The van der Waals surface area contributed by atoms with Gasteiger partial charge in [-0.2, -0.15) is 0 Å². The van der Waals surface area contributed by atoms with Crippen LogP contribution in [0.15, 0.2) is 0 Å². The molecule has 0 aliphatic heterocycles. The molecule has 0 aliphatic rings. The van der Waals surface area contributed by atoms with Crippen LogP contribution in [-0.2, 0) is 19.1 Å². The molecule has 0 spiro atoms. The molecule has 0 saturated carbocycles. The monoisotopic (exact) mass is 242 g/mol. The van der Waals surface area contributed by atoms with E-state index in [9.17, 15) is 9.59 Å². The summed E-state index contributed by atoms with van der Waals surface area (Å²) in [6.45, 7) is 1.87. The van der Waals surface area contributed by atoms with E-state index in [0.29, 0.717) is 6.42 Å². The van der Waals surface area contributed by atoms with Gasteiger partial charge in [0.25, 0.3) is 0 Å². The van der Waals surface area contributed by atoms with Gasteiger partial charge in [0.1, 0.15) is 11.8 Å². The van der Waals surface area contributed by atoms with E-state index in [1.54, 1.807) is 0 Å². The molecule has 82 valence electrons. The lowest BCUT2D eigenvalue weighted by Gasteiger charge is -2.16. The summed E-state index contributed by atoms with van der Waals surface area (Å²) in [6, 6.07) is 0. The van der Waals surface area contributed by atoms with Crippen molar-refractivity contribution in [2.75, 3.05) is 11.8 Å². The molecule has 0 radical (unpaired) electrons. The topological polar surface area (TPSA) is 52.6 Å². The van der Waals surface area contributed by atoms with Crippen molar-refractivity contribution in [2.45, 2.75) is 26.1 Å². The van der Waals surface area contributed by atoms with E-state index in [1.165, 1.54) is 0 Å². The van der Waals surface area contributed by atoms with Crippen LogP contribution >= 0.6 is 23.2 Å². The number of halogens is 2. The first-order chi connectivity index (χ1) is 6.63. The summed E-state index contributed by atoms with van der Waals surface area (Å²) in [7, 11) is 0. The van der Waals surface area contributed by atoms with E-state index in [-0.39, 0.29) is 11.8 Å². The quantitative estimate of drug-likeness (QED) is 0.404. The van der Waals surface area contributed by atoms with E-state index in [0.717, 1.165) is 6.42 Å². The molecule has 6 heteroatoms. The highest BCUT2D eigenvalue weighted by Crippen LogP contribution is 2.06. The van der Waals surface area contributed by atoms with Crippen LogP contribution in [0.1, 0.15) is 19.8 Å². The highest BCUT2D eigenvalue weighted by Gasteiger charge is 2.16. The van der Waals surface area contributed by atoms with Gasteiger partial charge >= 0.3 is 11.9 Å². The highest BCUT2D eigenvalue weighted by molar-refractivity contribution is 6.26. The second kappa shape index (κ2) is 7.88. The van der Waals surface area contributed by atoms with Crippen molar-refractivity contribution in [2.24, 2.45) is 0 Å². The Hall–Kier alpha value is -0.480. The van der Waals surface area contributed by atoms with E-state index < -0.39 is 18.2 Å². The van der Waals surface area contributed by atoms with Gasteiger partial charge in [0, 0.05) is 6.42 Å². The van der Waals surface area contributed by atoms with Crippen molar-refractivity contribution in [3.8, 4) is 0 Å². The Kier molecular flexibility index (Phi) is 7.61. The fourth-order valence-corrected chi connectivity index (χ4v) is 0.860. The lowest BCUT2D eigenvalue weighted by Crippen LogP contribution is -2.25. The summed E-state index contributed by atoms with van der Waals surface area (Å²) in [6.07, 6.45) is 0.277. The van der Waals surface area contributed by atoms with Crippen LogP contribution in [0.25, 0.3) is 0 Å². The molecule has 0 N–H and O–H groups in total. The lowest BCUT2D eigenvalue weighted by molar-refractivity contribution is -0.185. The van der Waals surface area contributed by atoms with Gasteiger partial charge in [-0.3, -0.25) is 9.59 Å². The van der Waals surface area contributed by atoms with Crippen LogP contribution in [0, 0.1) is 0 Å². The van der Waals surface area contributed by atoms with Crippen LogP contribution in [0.3, 0.4) is 0 Å². The zero-order chi connectivity index (χ0) is 11.0. The highest BCUT2D eigenvalue weighted by atomic mass is 35.5. The third kappa shape index (κ3) is 6.05. The minimum absolute atomic E-state index is 0.265. The summed E-state index contributed by atoms with van der Waals surface area (Å²) in [5.41, 5.74) is 0. The van der Waals surface area contributed by atoms with Crippen molar-refractivity contribution in [3.63, 3.8) is 0 Å². The first kappa shape index (κ1) is 13.5. The molecule has 0 saturated heterocycles. The maximum Gasteiger partial charge on any atom is 0.323 e. The molecule has 0 aromatic carbocycles. The molecule has 0 amide bonds. The van der Waals surface area contributed by atoms with Crippen molar-refractivity contribution < 1.29 is 19.1 Å². The average Bonchev–Trinajstić information content (AvgIpc) is 2.17. The van der Waals surface area contributed by atoms with Crippen molar-refractivity contribution in [1.82, 2.24) is 0 Å². The molecule has 0 aliphatic carbocycles. The molecule has 0 rings (SSSR count). The second-order valence-corrected chi connectivity index (χ2v) is 3.00. The van der Waals surface area contributed by atoms with E-state index in [4.69, 9.17) is 32.7 Å². The van der Waals surface area contributed by atoms with Crippen LogP contribution in [-0.4, -0.2) is 30.0 Å².